The Morgan fingerprint density at radius 2 is 2.00 bits per heavy atom. The molecule has 1 atom stereocenters. The Balaban J connectivity index is 1.90. The van der Waals surface area contributed by atoms with Crippen LogP contribution in [0.15, 0.2) is 41.1 Å². The summed E-state index contributed by atoms with van der Waals surface area (Å²) in [6, 6.07) is 8.53. The lowest BCUT2D eigenvalue weighted by Gasteiger charge is -2.10. The van der Waals surface area contributed by atoms with Gasteiger partial charge in [-0.3, -0.25) is 4.79 Å². The number of hydrogen-bond acceptors (Lipinski definition) is 4. The van der Waals surface area contributed by atoms with E-state index in [1.807, 2.05) is 16.8 Å². The van der Waals surface area contributed by atoms with Gasteiger partial charge in [-0.25, -0.2) is 0 Å². The molecule has 1 aromatic heterocycles. The average Bonchev–Trinajstić information content (AvgIpc) is 2.98. The zero-order valence-corrected chi connectivity index (χ0v) is 11.1. The van der Waals surface area contributed by atoms with E-state index < -0.39 is 6.10 Å². The average molecular weight is 277 g/mol. The van der Waals surface area contributed by atoms with Crippen molar-refractivity contribution in [1.29, 1.82) is 0 Å². The Morgan fingerprint density at radius 1 is 1.26 bits per heavy atom. The highest BCUT2D eigenvalue weighted by molar-refractivity contribution is 7.07. The molecule has 0 aliphatic rings. The Hall–Kier alpha value is -1.69. The fraction of sp³-hybridized carbons (Fsp3) is 0.214. The van der Waals surface area contributed by atoms with E-state index in [9.17, 15) is 9.90 Å². The number of amides is 1. The van der Waals surface area contributed by atoms with Gasteiger partial charge in [-0.15, -0.1) is 0 Å². The van der Waals surface area contributed by atoms with Crippen LogP contribution in [0.2, 0.25) is 0 Å². The minimum Gasteiger partial charge on any atom is -0.392 e. The van der Waals surface area contributed by atoms with Gasteiger partial charge in [0.15, 0.2) is 0 Å². The molecule has 19 heavy (non-hydrogen) atoms. The van der Waals surface area contributed by atoms with Crippen LogP contribution in [-0.2, 0) is 6.61 Å². The molecule has 5 heteroatoms. The lowest BCUT2D eigenvalue weighted by molar-refractivity contribution is 0.0916. The summed E-state index contributed by atoms with van der Waals surface area (Å²) in [5.41, 5.74) is 2.07. The molecule has 1 amide bonds. The highest BCUT2D eigenvalue weighted by Crippen LogP contribution is 2.15. The Morgan fingerprint density at radius 3 is 2.58 bits per heavy atom. The lowest BCUT2D eigenvalue weighted by Crippen LogP contribution is -2.28. The molecule has 1 unspecified atom stereocenters. The van der Waals surface area contributed by atoms with Gasteiger partial charge in [0.05, 0.1) is 12.7 Å². The fourth-order valence-electron chi connectivity index (χ4n) is 1.64. The van der Waals surface area contributed by atoms with Gasteiger partial charge in [0.2, 0.25) is 0 Å². The van der Waals surface area contributed by atoms with Crippen molar-refractivity contribution in [1.82, 2.24) is 5.32 Å². The second-order valence-corrected chi connectivity index (χ2v) is 4.92. The first-order valence-corrected chi connectivity index (χ1v) is 6.83. The van der Waals surface area contributed by atoms with Crippen LogP contribution < -0.4 is 5.32 Å². The highest BCUT2D eigenvalue weighted by Gasteiger charge is 2.11. The Labute approximate surface area is 115 Å². The number of thiophene rings is 1. The van der Waals surface area contributed by atoms with Crippen LogP contribution >= 0.6 is 11.3 Å². The van der Waals surface area contributed by atoms with Gasteiger partial charge < -0.3 is 15.5 Å². The van der Waals surface area contributed by atoms with Gasteiger partial charge >= 0.3 is 0 Å². The molecule has 0 saturated heterocycles. The van der Waals surface area contributed by atoms with E-state index in [2.05, 4.69) is 5.32 Å². The van der Waals surface area contributed by atoms with Crippen LogP contribution in [-0.4, -0.2) is 22.7 Å². The summed E-state index contributed by atoms with van der Waals surface area (Å²) >= 11 is 1.51. The first-order chi connectivity index (χ1) is 9.20. The SMILES string of the molecule is O=C(NCC(O)c1ccsc1)c1ccc(CO)cc1. The van der Waals surface area contributed by atoms with Gasteiger partial charge in [0.25, 0.3) is 5.91 Å². The molecule has 0 aliphatic heterocycles. The van der Waals surface area contributed by atoms with Gasteiger partial charge in [-0.05, 0) is 40.1 Å². The van der Waals surface area contributed by atoms with E-state index in [4.69, 9.17) is 5.11 Å². The fourth-order valence-corrected chi connectivity index (χ4v) is 2.34. The maximum absolute atomic E-state index is 11.8. The molecule has 3 N–H and O–H groups in total. The molecule has 0 spiro atoms. The van der Waals surface area contributed by atoms with Gasteiger partial charge in [0.1, 0.15) is 0 Å². The molecule has 4 nitrogen and oxygen atoms in total. The van der Waals surface area contributed by atoms with Gasteiger partial charge in [0, 0.05) is 12.1 Å². The summed E-state index contributed by atoms with van der Waals surface area (Å²) in [7, 11) is 0. The van der Waals surface area contributed by atoms with Crippen molar-refractivity contribution in [3.63, 3.8) is 0 Å². The lowest BCUT2D eigenvalue weighted by atomic mass is 10.1. The van der Waals surface area contributed by atoms with Crippen LogP contribution in [0.1, 0.15) is 27.6 Å². The van der Waals surface area contributed by atoms with Crippen molar-refractivity contribution in [3.05, 3.63) is 57.8 Å². The number of aliphatic hydroxyl groups is 2. The molecular formula is C14H15NO3S. The number of nitrogens with one attached hydrogen (secondary N) is 1. The third-order valence-corrected chi connectivity index (χ3v) is 3.48. The molecule has 0 radical (unpaired) electrons. The molecule has 0 saturated carbocycles. The summed E-state index contributed by atoms with van der Waals surface area (Å²) < 4.78 is 0. The summed E-state index contributed by atoms with van der Waals surface area (Å²) in [4.78, 5) is 11.8. The summed E-state index contributed by atoms with van der Waals surface area (Å²) in [6.45, 7) is 0.135. The molecule has 0 aliphatic carbocycles. The standard InChI is InChI=1S/C14H15NO3S/c16-8-10-1-3-11(4-2-10)14(18)15-7-13(17)12-5-6-19-9-12/h1-6,9,13,16-17H,7-8H2,(H,15,18). The molecule has 100 valence electrons. The maximum Gasteiger partial charge on any atom is 0.251 e. The monoisotopic (exact) mass is 277 g/mol. The number of aliphatic hydroxyl groups excluding tert-OH is 2. The van der Waals surface area contributed by atoms with Crippen LogP contribution in [0.4, 0.5) is 0 Å². The largest absolute Gasteiger partial charge is 0.392 e. The second-order valence-electron chi connectivity index (χ2n) is 4.14. The number of benzene rings is 1. The van der Waals surface area contributed by atoms with Crippen LogP contribution in [0.3, 0.4) is 0 Å². The molecular weight excluding hydrogens is 262 g/mol. The third-order valence-electron chi connectivity index (χ3n) is 2.78. The van der Waals surface area contributed by atoms with Crippen molar-refractivity contribution in [3.8, 4) is 0 Å². The number of carbonyl (C=O) groups excluding carboxylic acids is 1. The topological polar surface area (TPSA) is 69.6 Å². The van der Waals surface area contributed by atoms with E-state index in [1.165, 1.54) is 11.3 Å². The van der Waals surface area contributed by atoms with E-state index >= 15 is 0 Å². The Kier molecular flexibility index (Phi) is 4.68. The predicted molar refractivity (Wildman–Crippen MR) is 74.0 cm³/mol. The van der Waals surface area contributed by atoms with Crippen molar-refractivity contribution in [2.75, 3.05) is 6.54 Å². The van der Waals surface area contributed by atoms with E-state index in [0.29, 0.717) is 5.56 Å². The quantitative estimate of drug-likeness (QED) is 0.779. The smallest absolute Gasteiger partial charge is 0.251 e. The van der Waals surface area contributed by atoms with Crippen molar-refractivity contribution >= 4 is 17.2 Å². The van der Waals surface area contributed by atoms with Crippen LogP contribution in [0.25, 0.3) is 0 Å². The van der Waals surface area contributed by atoms with Crippen LogP contribution in [0, 0.1) is 0 Å². The molecule has 1 heterocycles. The second kappa shape index (κ2) is 6.47. The number of hydrogen-bond donors (Lipinski definition) is 3. The molecule has 2 aromatic rings. The molecule has 0 bridgehead atoms. The number of rotatable bonds is 5. The highest BCUT2D eigenvalue weighted by atomic mass is 32.1. The molecule has 2 rings (SSSR count). The minimum atomic E-state index is -0.688. The predicted octanol–water partition coefficient (Wildman–Crippen LogP) is 1.70. The molecule has 0 fully saturated rings. The van der Waals surface area contributed by atoms with E-state index in [-0.39, 0.29) is 19.1 Å². The first-order valence-electron chi connectivity index (χ1n) is 5.89. The van der Waals surface area contributed by atoms with Crippen molar-refractivity contribution in [2.24, 2.45) is 0 Å². The normalized spacial score (nSPS) is 12.1. The molecule has 1 aromatic carbocycles. The number of carbonyl (C=O) groups is 1. The summed E-state index contributed by atoms with van der Waals surface area (Å²) in [6.07, 6.45) is -0.688. The van der Waals surface area contributed by atoms with Crippen LogP contribution in [0.5, 0.6) is 0 Å². The minimum absolute atomic E-state index is 0.0429. The zero-order valence-electron chi connectivity index (χ0n) is 10.2. The van der Waals surface area contributed by atoms with E-state index in [0.717, 1.165) is 11.1 Å². The van der Waals surface area contributed by atoms with Gasteiger partial charge in [-0.1, -0.05) is 12.1 Å². The van der Waals surface area contributed by atoms with Gasteiger partial charge in [-0.2, -0.15) is 11.3 Å². The zero-order chi connectivity index (χ0) is 13.7. The Bertz CT molecular complexity index is 522. The summed E-state index contributed by atoms with van der Waals surface area (Å²) in [5, 5.41) is 25.2. The summed E-state index contributed by atoms with van der Waals surface area (Å²) in [5.74, 6) is -0.237. The maximum atomic E-state index is 11.8. The van der Waals surface area contributed by atoms with Crippen molar-refractivity contribution in [2.45, 2.75) is 12.7 Å². The van der Waals surface area contributed by atoms with E-state index in [1.54, 1.807) is 24.3 Å². The third kappa shape index (κ3) is 3.64. The van der Waals surface area contributed by atoms with Crippen molar-refractivity contribution < 1.29 is 15.0 Å². The first kappa shape index (κ1) is 13.7.